The molecule has 0 spiro atoms. The molecule has 20 heavy (non-hydrogen) atoms. The van der Waals surface area contributed by atoms with Crippen molar-refractivity contribution in [2.24, 2.45) is 0 Å². The monoisotopic (exact) mass is 334 g/mol. The van der Waals surface area contributed by atoms with Crippen LogP contribution in [0.1, 0.15) is 11.1 Å². The molecule has 0 bridgehead atoms. The van der Waals surface area contributed by atoms with Gasteiger partial charge in [-0.15, -0.1) is 0 Å². The SMILES string of the molecule is COc1ccc(Br)c(CNc2ccc(C#N)cc2F)c1. The number of anilines is 1. The van der Waals surface area contributed by atoms with Crippen molar-refractivity contribution < 1.29 is 9.13 Å². The summed E-state index contributed by atoms with van der Waals surface area (Å²) in [5, 5.41) is 11.7. The lowest BCUT2D eigenvalue weighted by Gasteiger charge is -2.10. The fourth-order valence-corrected chi connectivity index (χ4v) is 2.12. The minimum atomic E-state index is -0.442. The van der Waals surface area contributed by atoms with Crippen molar-refractivity contribution in [3.8, 4) is 11.8 Å². The summed E-state index contributed by atoms with van der Waals surface area (Å²) in [5.74, 6) is 0.299. The Hall–Kier alpha value is -2.06. The zero-order chi connectivity index (χ0) is 14.5. The molecular weight excluding hydrogens is 323 g/mol. The van der Waals surface area contributed by atoms with Crippen molar-refractivity contribution in [1.29, 1.82) is 5.26 Å². The first kappa shape index (κ1) is 14.4. The van der Waals surface area contributed by atoms with Gasteiger partial charge in [0.15, 0.2) is 0 Å². The summed E-state index contributed by atoms with van der Waals surface area (Å²) in [7, 11) is 1.60. The molecule has 2 aromatic rings. The van der Waals surface area contributed by atoms with Gasteiger partial charge in [0.25, 0.3) is 0 Å². The van der Waals surface area contributed by atoms with E-state index < -0.39 is 5.82 Å². The van der Waals surface area contributed by atoms with Gasteiger partial charge in [-0.3, -0.25) is 0 Å². The van der Waals surface area contributed by atoms with Crippen LogP contribution in [0.3, 0.4) is 0 Å². The predicted molar refractivity (Wildman–Crippen MR) is 79.1 cm³/mol. The van der Waals surface area contributed by atoms with Crippen molar-refractivity contribution in [3.05, 3.63) is 57.8 Å². The number of ether oxygens (including phenoxy) is 1. The van der Waals surface area contributed by atoms with Crippen molar-refractivity contribution in [3.63, 3.8) is 0 Å². The zero-order valence-electron chi connectivity index (χ0n) is 10.8. The van der Waals surface area contributed by atoms with Gasteiger partial charge in [0.1, 0.15) is 11.6 Å². The van der Waals surface area contributed by atoms with Gasteiger partial charge < -0.3 is 10.1 Å². The summed E-state index contributed by atoms with van der Waals surface area (Å²) < 4.78 is 19.8. The normalized spacial score (nSPS) is 9.90. The first-order chi connectivity index (χ1) is 9.63. The third-order valence-electron chi connectivity index (χ3n) is 2.82. The van der Waals surface area contributed by atoms with Gasteiger partial charge in [0, 0.05) is 11.0 Å². The zero-order valence-corrected chi connectivity index (χ0v) is 12.4. The Balaban J connectivity index is 2.15. The van der Waals surface area contributed by atoms with Gasteiger partial charge in [0.05, 0.1) is 24.4 Å². The highest BCUT2D eigenvalue weighted by molar-refractivity contribution is 9.10. The third-order valence-corrected chi connectivity index (χ3v) is 3.59. The topological polar surface area (TPSA) is 45.0 Å². The van der Waals surface area contributed by atoms with Gasteiger partial charge in [0.2, 0.25) is 0 Å². The van der Waals surface area contributed by atoms with Crippen LogP contribution in [0.4, 0.5) is 10.1 Å². The van der Waals surface area contributed by atoms with Crippen LogP contribution in [0.25, 0.3) is 0 Å². The molecule has 0 fully saturated rings. The van der Waals surface area contributed by atoms with E-state index in [0.717, 1.165) is 15.8 Å². The first-order valence-corrected chi connectivity index (χ1v) is 6.69. The molecule has 2 rings (SSSR count). The maximum Gasteiger partial charge on any atom is 0.147 e. The highest BCUT2D eigenvalue weighted by Crippen LogP contribution is 2.24. The van der Waals surface area contributed by atoms with E-state index in [1.54, 1.807) is 19.2 Å². The number of hydrogen-bond acceptors (Lipinski definition) is 3. The molecule has 102 valence electrons. The van der Waals surface area contributed by atoms with Crippen LogP contribution in [0, 0.1) is 17.1 Å². The molecule has 1 N–H and O–H groups in total. The molecule has 0 saturated heterocycles. The van der Waals surface area contributed by atoms with E-state index in [1.165, 1.54) is 6.07 Å². The molecule has 0 aliphatic heterocycles. The predicted octanol–water partition coefficient (Wildman–Crippen LogP) is 4.08. The van der Waals surface area contributed by atoms with Crippen LogP contribution in [0.15, 0.2) is 40.9 Å². The Morgan fingerprint density at radius 1 is 1.30 bits per heavy atom. The Morgan fingerprint density at radius 3 is 2.75 bits per heavy atom. The van der Waals surface area contributed by atoms with E-state index in [-0.39, 0.29) is 0 Å². The molecule has 2 aromatic carbocycles. The van der Waals surface area contributed by atoms with Crippen LogP contribution in [0.2, 0.25) is 0 Å². The average molecular weight is 335 g/mol. The number of methoxy groups -OCH3 is 1. The second-order valence-corrected chi connectivity index (χ2v) is 4.97. The largest absolute Gasteiger partial charge is 0.497 e. The van der Waals surface area contributed by atoms with Crippen LogP contribution >= 0.6 is 15.9 Å². The van der Waals surface area contributed by atoms with Crippen LogP contribution < -0.4 is 10.1 Å². The van der Waals surface area contributed by atoms with Gasteiger partial charge in [-0.05, 0) is 42.0 Å². The van der Waals surface area contributed by atoms with Crippen molar-refractivity contribution in [2.75, 3.05) is 12.4 Å². The molecule has 5 heteroatoms. The summed E-state index contributed by atoms with van der Waals surface area (Å²) in [5.41, 5.74) is 1.61. The molecule has 0 aliphatic rings. The highest BCUT2D eigenvalue weighted by Gasteiger charge is 2.06. The highest BCUT2D eigenvalue weighted by atomic mass is 79.9. The fraction of sp³-hybridized carbons (Fsp3) is 0.133. The molecular formula is C15H12BrFN2O. The Bertz CT molecular complexity index is 667. The van der Waals surface area contributed by atoms with E-state index in [4.69, 9.17) is 10.00 Å². The fourth-order valence-electron chi connectivity index (χ4n) is 1.73. The molecule has 0 unspecified atom stereocenters. The summed E-state index contributed by atoms with van der Waals surface area (Å²) in [6.07, 6.45) is 0. The minimum Gasteiger partial charge on any atom is -0.497 e. The summed E-state index contributed by atoms with van der Waals surface area (Å²) >= 11 is 3.44. The summed E-state index contributed by atoms with van der Waals surface area (Å²) in [4.78, 5) is 0. The second-order valence-electron chi connectivity index (χ2n) is 4.12. The lowest BCUT2D eigenvalue weighted by Crippen LogP contribution is -2.02. The molecule has 3 nitrogen and oxygen atoms in total. The molecule has 0 radical (unpaired) electrons. The minimum absolute atomic E-state index is 0.301. The molecule has 0 aliphatic carbocycles. The first-order valence-electron chi connectivity index (χ1n) is 5.90. The molecule has 0 heterocycles. The third kappa shape index (κ3) is 3.28. The Morgan fingerprint density at radius 2 is 2.10 bits per heavy atom. The van der Waals surface area contributed by atoms with Crippen LogP contribution in [-0.2, 0) is 6.54 Å². The Kier molecular flexibility index (Phi) is 4.59. The standard InChI is InChI=1S/C15H12BrFN2O/c1-20-12-3-4-13(16)11(7-12)9-19-15-5-2-10(8-18)6-14(15)17/h2-7,19H,9H2,1H3. The molecule has 0 saturated carbocycles. The van der Waals surface area contributed by atoms with Crippen molar-refractivity contribution in [1.82, 2.24) is 0 Å². The Labute approximate surface area is 125 Å². The average Bonchev–Trinajstić information content (AvgIpc) is 2.47. The molecule has 0 aromatic heterocycles. The number of nitriles is 1. The van der Waals surface area contributed by atoms with Crippen molar-refractivity contribution in [2.45, 2.75) is 6.54 Å². The lowest BCUT2D eigenvalue weighted by atomic mass is 10.2. The van der Waals surface area contributed by atoms with Gasteiger partial charge in [-0.1, -0.05) is 15.9 Å². The number of halogens is 2. The van der Waals surface area contributed by atoms with Crippen molar-refractivity contribution >= 4 is 21.6 Å². The van der Waals surface area contributed by atoms with E-state index in [2.05, 4.69) is 21.2 Å². The number of benzene rings is 2. The van der Waals surface area contributed by atoms with Gasteiger partial charge in [-0.25, -0.2) is 4.39 Å². The van der Waals surface area contributed by atoms with Crippen LogP contribution in [-0.4, -0.2) is 7.11 Å². The second kappa shape index (κ2) is 6.40. The lowest BCUT2D eigenvalue weighted by molar-refractivity contribution is 0.414. The van der Waals surface area contributed by atoms with E-state index in [0.29, 0.717) is 17.8 Å². The van der Waals surface area contributed by atoms with Crippen LogP contribution in [0.5, 0.6) is 5.75 Å². The van der Waals surface area contributed by atoms with Gasteiger partial charge in [-0.2, -0.15) is 5.26 Å². The maximum absolute atomic E-state index is 13.7. The maximum atomic E-state index is 13.7. The summed E-state index contributed by atoms with van der Waals surface area (Å²) in [6, 6.07) is 11.8. The summed E-state index contributed by atoms with van der Waals surface area (Å²) in [6.45, 7) is 0.445. The molecule has 0 atom stereocenters. The van der Waals surface area contributed by atoms with Gasteiger partial charge >= 0.3 is 0 Å². The van der Waals surface area contributed by atoms with E-state index >= 15 is 0 Å². The quantitative estimate of drug-likeness (QED) is 0.916. The number of nitrogens with one attached hydrogen (secondary N) is 1. The number of nitrogens with zero attached hydrogens (tertiary/aromatic N) is 1. The smallest absolute Gasteiger partial charge is 0.147 e. The van der Waals surface area contributed by atoms with E-state index in [1.807, 2.05) is 24.3 Å². The number of rotatable bonds is 4. The van der Waals surface area contributed by atoms with E-state index in [9.17, 15) is 4.39 Å². The number of hydrogen-bond donors (Lipinski definition) is 1. The molecule has 0 amide bonds.